The average molecular weight is 362 g/mol. The van der Waals surface area contributed by atoms with Gasteiger partial charge < -0.3 is 9.32 Å². The molecule has 6 heteroatoms. The van der Waals surface area contributed by atoms with Crippen LogP contribution in [0.15, 0.2) is 47.0 Å². The van der Waals surface area contributed by atoms with E-state index in [1.165, 1.54) is 0 Å². The lowest BCUT2D eigenvalue weighted by Gasteiger charge is -2.15. The first-order valence-corrected chi connectivity index (χ1v) is 9.53. The highest BCUT2D eigenvalue weighted by atomic mass is 16.3. The first kappa shape index (κ1) is 16.3. The van der Waals surface area contributed by atoms with Crippen LogP contribution in [0.5, 0.6) is 0 Å². The van der Waals surface area contributed by atoms with E-state index in [0.29, 0.717) is 24.3 Å². The molecule has 2 aromatic heterocycles. The molecular formula is C21H22N4O2. The number of likely N-dealkylation sites (tertiary alicyclic amines) is 1. The van der Waals surface area contributed by atoms with Gasteiger partial charge in [-0.25, -0.2) is 0 Å². The molecule has 138 valence electrons. The summed E-state index contributed by atoms with van der Waals surface area (Å²) in [5.41, 5.74) is 2.83. The van der Waals surface area contributed by atoms with Crippen molar-refractivity contribution in [3.8, 4) is 22.6 Å². The molecule has 1 saturated carbocycles. The molecule has 0 spiro atoms. The van der Waals surface area contributed by atoms with Crippen LogP contribution >= 0.6 is 0 Å². The van der Waals surface area contributed by atoms with Crippen LogP contribution in [-0.4, -0.2) is 38.4 Å². The third-order valence-corrected chi connectivity index (χ3v) is 5.42. The maximum atomic E-state index is 12.2. The second-order valence-corrected chi connectivity index (χ2v) is 7.63. The van der Waals surface area contributed by atoms with E-state index >= 15 is 0 Å². The summed E-state index contributed by atoms with van der Waals surface area (Å²) in [4.78, 5) is 14.2. The van der Waals surface area contributed by atoms with Gasteiger partial charge in [-0.3, -0.25) is 9.48 Å². The van der Waals surface area contributed by atoms with E-state index in [4.69, 9.17) is 4.42 Å². The van der Waals surface area contributed by atoms with Gasteiger partial charge in [-0.05, 0) is 31.9 Å². The summed E-state index contributed by atoms with van der Waals surface area (Å²) in [6.07, 6.45) is 4.91. The third kappa shape index (κ3) is 3.16. The van der Waals surface area contributed by atoms with Gasteiger partial charge in [0.05, 0.1) is 6.20 Å². The van der Waals surface area contributed by atoms with Gasteiger partial charge in [-0.15, -0.1) is 5.10 Å². The number of nitrogens with zero attached hydrogens (tertiary/aromatic N) is 4. The highest BCUT2D eigenvalue weighted by Crippen LogP contribution is 2.34. The molecule has 6 nitrogen and oxygen atoms in total. The van der Waals surface area contributed by atoms with Crippen molar-refractivity contribution in [3.05, 3.63) is 48.4 Å². The SMILES string of the molecule is Cc1ccc(-c2ccccc2-c2cn(C[C@H]3CC(=O)N(C4CC4)C3)nn2)o1. The second kappa shape index (κ2) is 6.37. The number of amides is 1. The van der Waals surface area contributed by atoms with Crippen molar-refractivity contribution in [1.29, 1.82) is 0 Å². The van der Waals surface area contributed by atoms with Crippen molar-refractivity contribution in [2.75, 3.05) is 6.54 Å². The third-order valence-electron chi connectivity index (χ3n) is 5.42. The van der Waals surface area contributed by atoms with Crippen molar-refractivity contribution in [2.45, 2.75) is 38.8 Å². The Hall–Kier alpha value is -2.89. The molecule has 1 aliphatic carbocycles. The van der Waals surface area contributed by atoms with Crippen molar-refractivity contribution in [1.82, 2.24) is 19.9 Å². The number of carbonyl (C=O) groups excluding carboxylic acids is 1. The molecule has 2 aliphatic rings. The molecule has 1 aromatic carbocycles. The summed E-state index contributed by atoms with van der Waals surface area (Å²) >= 11 is 0. The predicted octanol–water partition coefficient (Wildman–Crippen LogP) is 3.52. The van der Waals surface area contributed by atoms with Gasteiger partial charge in [0.25, 0.3) is 0 Å². The Morgan fingerprint density at radius 3 is 2.70 bits per heavy atom. The summed E-state index contributed by atoms with van der Waals surface area (Å²) in [5.74, 6) is 2.32. The van der Waals surface area contributed by atoms with Crippen LogP contribution in [0.2, 0.25) is 0 Å². The van der Waals surface area contributed by atoms with Gasteiger partial charge in [-0.1, -0.05) is 29.5 Å². The monoisotopic (exact) mass is 362 g/mol. The van der Waals surface area contributed by atoms with Gasteiger partial charge in [0.1, 0.15) is 17.2 Å². The highest BCUT2D eigenvalue weighted by Gasteiger charge is 2.39. The van der Waals surface area contributed by atoms with Crippen molar-refractivity contribution < 1.29 is 9.21 Å². The maximum Gasteiger partial charge on any atom is 0.223 e. The summed E-state index contributed by atoms with van der Waals surface area (Å²) in [6.45, 7) is 3.52. The fourth-order valence-electron chi connectivity index (χ4n) is 3.95. The van der Waals surface area contributed by atoms with Crippen molar-refractivity contribution in [2.24, 2.45) is 5.92 Å². The van der Waals surface area contributed by atoms with Crippen molar-refractivity contribution >= 4 is 5.91 Å². The lowest BCUT2D eigenvalue weighted by atomic mass is 10.0. The molecule has 3 heterocycles. The number of hydrogen-bond donors (Lipinski definition) is 0. The summed E-state index contributed by atoms with van der Waals surface area (Å²) in [6, 6.07) is 12.5. The van der Waals surface area contributed by atoms with Gasteiger partial charge >= 0.3 is 0 Å². The largest absolute Gasteiger partial charge is 0.461 e. The van der Waals surface area contributed by atoms with E-state index in [0.717, 1.165) is 54.3 Å². The van der Waals surface area contributed by atoms with E-state index in [9.17, 15) is 4.79 Å². The molecule has 1 aliphatic heterocycles. The molecule has 2 fully saturated rings. The van der Waals surface area contributed by atoms with Crippen molar-refractivity contribution in [3.63, 3.8) is 0 Å². The maximum absolute atomic E-state index is 12.2. The van der Waals surface area contributed by atoms with E-state index in [1.54, 1.807) is 0 Å². The Morgan fingerprint density at radius 1 is 1.15 bits per heavy atom. The number of benzene rings is 1. The van der Waals surface area contributed by atoms with Crippen LogP contribution in [0.3, 0.4) is 0 Å². The highest BCUT2D eigenvalue weighted by molar-refractivity contribution is 5.80. The molecular weight excluding hydrogens is 340 g/mol. The van der Waals surface area contributed by atoms with Crippen LogP contribution in [0.25, 0.3) is 22.6 Å². The Labute approximate surface area is 157 Å². The van der Waals surface area contributed by atoms with E-state index in [1.807, 2.05) is 54.2 Å². The Kier molecular flexibility index (Phi) is 3.85. The van der Waals surface area contributed by atoms with Crippen LogP contribution < -0.4 is 0 Å². The molecule has 1 atom stereocenters. The molecule has 5 rings (SSSR count). The minimum atomic E-state index is 0.293. The molecule has 0 radical (unpaired) electrons. The van der Waals surface area contributed by atoms with E-state index < -0.39 is 0 Å². The first-order valence-electron chi connectivity index (χ1n) is 9.53. The Morgan fingerprint density at radius 2 is 1.96 bits per heavy atom. The van der Waals surface area contributed by atoms with Crippen LogP contribution in [0.4, 0.5) is 0 Å². The Bertz CT molecular complexity index is 985. The summed E-state index contributed by atoms with van der Waals surface area (Å²) in [7, 11) is 0. The topological polar surface area (TPSA) is 64.2 Å². The number of furan rings is 1. The van der Waals surface area contributed by atoms with Gasteiger partial charge in [0, 0.05) is 42.6 Å². The molecule has 0 N–H and O–H groups in total. The van der Waals surface area contributed by atoms with E-state index in [-0.39, 0.29) is 0 Å². The zero-order chi connectivity index (χ0) is 18.4. The molecule has 1 amide bonds. The zero-order valence-corrected chi connectivity index (χ0v) is 15.3. The zero-order valence-electron chi connectivity index (χ0n) is 15.3. The lowest BCUT2D eigenvalue weighted by molar-refractivity contribution is -0.128. The van der Waals surface area contributed by atoms with Crippen LogP contribution in [-0.2, 0) is 11.3 Å². The normalized spacial score (nSPS) is 19.8. The first-order chi connectivity index (χ1) is 13.2. The summed E-state index contributed by atoms with van der Waals surface area (Å²) < 4.78 is 7.67. The average Bonchev–Trinajstić information content (AvgIpc) is 3.06. The standard InChI is InChI=1S/C21H22N4O2/c1-14-6-9-20(27-14)18-5-3-2-4-17(18)19-13-24(23-22-19)11-15-10-21(26)25(12-15)16-7-8-16/h2-6,9,13,15-16H,7-8,10-12H2,1H3/t15-/m1/s1. The Balaban J connectivity index is 1.36. The number of carbonyl (C=O) groups is 1. The van der Waals surface area contributed by atoms with Gasteiger partial charge in [-0.2, -0.15) is 0 Å². The number of hydrogen-bond acceptors (Lipinski definition) is 4. The number of aromatic nitrogens is 3. The molecule has 0 bridgehead atoms. The number of aryl methyl sites for hydroxylation is 1. The minimum absolute atomic E-state index is 0.293. The van der Waals surface area contributed by atoms with Gasteiger partial charge in [0.15, 0.2) is 0 Å². The number of rotatable bonds is 5. The van der Waals surface area contributed by atoms with Gasteiger partial charge in [0.2, 0.25) is 5.91 Å². The summed E-state index contributed by atoms with van der Waals surface area (Å²) in [5, 5.41) is 8.69. The molecule has 3 aromatic rings. The minimum Gasteiger partial charge on any atom is -0.461 e. The molecule has 0 unspecified atom stereocenters. The smallest absolute Gasteiger partial charge is 0.223 e. The lowest BCUT2D eigenvalue weighted by Crippen LogP contribution is -2.27. The quantitative estimate of drug-likeness (QED) is 0.697. The fourth-order valence-corrected chi connectivity index (χ4v) is 3.95. The predicted molar refractivity (Wildman–Crippen MR) is 101 cm³/mol. The van der Waals surface area contributed by atoms with Crippen LogP contribution in [0, 0.1) is 12.8 Å². The fraction of sp³-hybridized carbons (Fsp3) is 0.381. The van der Waals surface area contributed by atoms with Crippen LogP contribution in [0.1, 0.15) is 25.0 Å². The molecule has 27 heavy (non-hydrogen) atoms. The molecule has 1 saturated heterocycles. The van der Waals surface area contributed by atoms with E-state index in [2.05, 4.69) is 15.2 Å². The second-order valence-electron chi connectivity index (χ2n) is 7.63.